The third kappa shape index (κ3) is 4.12. The van der Waals surface area contributed by atoms with Crippen LogP contribution in [0.25, 0.3) is 0 Å². The van der Waals surface area contributed by atoms with Gasteiger partial charge >= 0.3 is 0 Å². The Bertz CT molecular complexity index is 698. The lowest BCUT2D eigenvalue weighted by Gasteiger charge is -2.36. The molecular formula is C20H28N6. The zero-order valence-electron chi connectivity index (χ0n) is 15.6. The van der Waals surface area contributed by atoms with Gasteiger partial charge in [0.15, 0.2) is 5.82 Å². The number of piperidine rings is 1. The molecule has 1 atom stereocenters. The van der Waals surface area contributed by atoms with Gasteiger partial charge in [-0.1, -0.05) is 37.3 Å². The first-order valence-corrected chi connectivity index (χ1v) is 9.74. The Morgan fingerprint density at radius 2 is 1.81 bits per heavy atom. The van der Waals surface area contributed by atoms with Gasteiger partial charge in [0.2, 0.25) is 5.95 Å². The molecule has 0 saturated carbocycles. The summed E-state index contributed by atoms with van der Waals surface area (Å²) in [5.74, 6) is 2.46. The summed E-state index contributed by atoms with van der Waals surface area (Å²) in [6.07, 6.45) is 4.32. The highest BCUT2D eigenvalue weighted by molar-refractivity contribution is 5.42. The van der Waals surface area contributed by atoms with E-state index in [0.29, 0.717) is 5.92 Å². The maximum Gasteiger partial charge on any atom is 0.247 e. The fraction of sp³-hybridized carbons (Fsp3) is 0.550. The first-order valence-electron chi connectivity index (χ1n) is 9.74. The van der Waals surface area contributed by atoms with Gasteiger partial charge in [0.1, 0.15) is 0 Å². The summed E-state index contributed by atoms with van der Waals surface area (Å²) >= 11 is 0. The molecule has 138 valence electrons. The van der Waals surface area contributed by atoms with Gasteiger partial charge < -0.3 is 9.80 Å². The van der Waals surface area contributed by atoms with Crippen molar-refractivity contribution in [2.45, 2.75) is 26.3 Å². The van der Waals surface area contributed by atoms with E-state index in [9.17, 15) is 0 Å². The standard InChI is InChI=1S/C20H28N6/c1-17-6-5-9-26(15-17)20-22-19(14-21-23-20)25-12-10-24(11-13-25)16-18-7-3-2-4-8-18/h2-4,7-8,14,17H,5-6,9-13,15-16H2,1H3. The molecule has 3 heterocycles. The van der Waals surface area contributed by atoms with Crippen LogP contribution in [0.15, 0.2) is 36.5 Å². The normalized spacial score (nSPS) is 21.8. The van der Waals surface area contributed by atoms with Crippen molar-refractivity contribution in [1.82, 2.24) is 20.1 Å². The third-order valence-corrected chi connectivity index (χ3v) is 5.42. The Hall–Kier alpha value is -2.21. The first kappa shape index (κ1) is 17.2. The predicted octanol–water partition coefficient (Wildman–Crippen LogP) is 2.43. The van der Waals surface area contributed by atoms with Gasteiger partial charge in [0.05, 0.1) is 6.20 Å². The summed E-state index contributed by atoms with van der Waals surface area (Å²) in [7, 11) is 0. The van der Waals surface area contributed by atoms with Gasteiger partial charge in [-0.3, -0.25) is 4.90 Å². The van der Waals surface area contributed by atoms with Gasteiger partial charge in [0, 0.05) is 45.8 Å². The van der Waals surface area contributed by atoms with E-state index in [1.807, 2.05) is 6.20 Å². The molecule has 6 heteroatoms. The number of hydrogen-bond donors (Lipinski definition) is 0. The predicted molar refractivity (Wildman–Crippen MR) is 104 cm³/mol. The van der Waals surface area contributed by atoms with E-state index in [4.69, 9.17) is 4.98 Å². The fourth-order valence-corrected chi connectivity index (χ4v) is 3.92. The van der Waals surface area contributed by atoms with Gasteiger partial charge in [-0.05, 0) is 24.3 Å². The van der Waals surface area contributed by atoms with Crippen LogP contribution in [-0.2, 0) is 6.54 Å². The van der Waals surface area contributed by atoms with Crippen molar-refractivity contribution in [2.24, 2.45) is 5.92 Å². The molecule has 4 rings (SSSR count). The maximum absolute atomic E-state index is 4.82. The lowest BCUT2D eigenvalue weighted by atomic mass is 10.0. The number of nitrogens with zero attached hydrogens (tertiary/aromatic N) is 6. The molecule has 1 unspecified atom stereocenters. The number of hydrogen-bond acceptors (Lipinski definition) is 6. The Morgan fingerprint density at radius 3 is 2.58 bits per heavy atom. The summed E-state index contributed by atoms with van der Waals surface area (Å²) in [5, 5.41) is 8.53. The zero-order valence-corrected chi connectivity index (χ0v) is 15.6. The van der Waals surface area contributed by atoms with Crippen molar-refractivity contribution in [3.05, 3.63) is 42.1 Å². The third-order valence-electron chi connectivity index (χ3n) is 5.42. The van der Waals surface area contributed by atoms with E-state index in [2.05, 4.69) is 62.2 Å². The minimum Gasteiger partial charge on any atom is -0.353 e. The van der Waals surface area contributed by atoms with Crippen LogP contribution in [0.3, 0.4) is 0 Å². The molecule has 26 heavy (non-hydrogen) atoms. The summed E-state index contributed by atoms with van der Waals surface area (Å²) < 4.78 is 0. The Balaban J connectivity index is 1.36. The molecule has 0 bridgehead atoms. The molecule has 0 amide bonds. The number of piperazine rings is 1. The van der Waals surface area contributed by atoms with Crippen LogP contribution in [0.4, 0.5) is 11.8 Å². The summed E-state index contributed by atoms with van der Waals surface area (Å²) in [4.78, 5) is 12.0. The molecule has 6 nitrogen and oxygen atoms in total. The van der Waals surface area contributed by atoms with E-state index in [0.717, 1.165) is 57.6 Å². The molecule has 0 spiro atoms. The van der Waals surface area contributed by atoms with E-state index in [-0.39, 0.29) is 0 Å². The van der Waals surface area contributed by atoms with Crippen molar-refractivity contribution in [3.63, 3.8) is 0 Å². The fourth-order valence-electron chi connectivity index (χ4n) is 3.92. The van der Waals surface area contributed by atoms with Gasteiger partial charge in [0.25, 0.3) is 0 Å². The highest BCUT2D eigenvalue weighted by Gasteiger charge is 2.22. The Morgan fingerprint density at radius 1 is 1.00 bits per heavy atom. The topological polar surface area (TPSA) is 48.4 Å². The highest BCUT2D eigenvalue weighted by Crippen LogP contribution is 2.21. The van der Waals surface area contributed by atoms with E-state index >= 15 is 0 Å². The lowest BCUT2D eigenvalue weighted by Crippen LogP contribution is -2.46. The van der Waals surface area contributed by atoms with Gasteiger partial charge in [-0.2, -0.15) is 10.1 Å². The van der Waals surface area contributed by atoms with Crippen LogP contribution < -0.4 is 9.80 Å². The van der Waals surface area contributed by atoms with Crippen molar-refractivity contribution in [2.75, 3.05) is 49.1 Å². The molecule has 2 fully saturated rings. The molecule has 0 N–H and O–H groups in total. The van der Waals surface area contributed by atoms with Crippen LogP contribution in [0.2, 0.25) is 0 Å². The lowest BCUT2D eigenvalue weighted by molar-refractivity contribution is 0.249. The van der Waals surface area contributed by atoms with Crippen molar-refractivity contribution in [1.29, 1.82) is 0 Å². The number of aromatic nitrogens is 3. The average Bonchev–Trinajstić information content (AvgIpc) is 2.69. The van der Waals surface area contributed by atoms with Gasteiger partial charge in [-0.15, -0.1) is 5.10 Å². The van der Waals surface area contributed by atoms with Crippen LogP contribution in [0.1, 0.15) is 25.3 Å². The van der Waals surface area contributed by atoms with E-state index in [1.165, 1.54) is 18.4 Å². The van der Waals surface area contributed by atoms with Crippen LogP contribution in [0.5, 0.6) is 0 Å². The molecule has 2 aliphatic rings. The summed E-state index contributed by atoms with van der Waals surface area (Å²) in [5.41, 5.74) is 1.38. The maximum atomic E-state index is 4.82. The zero-order chi connectivity index (χ0) is 17.8. The second-order valence-corrected chi connectivity index (χ2v) is 7.56. The van der Waals surface area contributed by atoms with Crippen LogP contribution in [0, 0.1) is 5.92 Å². The first-order chi connectivity index (χ1) is 12.8. The second kappa shape index (κ2) is 7.99. The van der Waals surface area contributed by atoms with E-state index in [1.54, 1.807) is 0 Å². The average molecular weight is 352 g/mol. The monoisotopic (exact) mass is 352 g/mol. The highest BCUT2D eigenvalue weighted by atomic mass is 15.4. The van der Waals surface area contributed by atoms with Crippen molar-refractivity contribution < 1.29 is 0 Å². The molecule has 2 saturated heterocycles. The molecule has 1 aromatic heterocycles. The number of benzene rings is 1. The number of anilines is 2. The minimum absolute atomic E-state index is 0.706. The largest absolute Gasteiger partial charge is 0.353 e. The second-order valence-electron chi connectivity index (χ2n) is 7.56. The van der Waals surface area contributed by atoms with Crippen molar-refractivity contribution >= 4 is 11.8 Å². The molecule has 0 radical (unpaired) electrons. The Labute approximate surface area is 155 Å². The Kier molecular flexibility index (Phi) is 5.29. The van der Waals surface area contributed by atoms with Crippen molar-refractivity contribution in [3.8, 4) is 0 Å². The molecule has 1 aromatic carbocycles. The van der Waals surface area contributed by atoms with Crippen LogP contribution >= 0.6 is 0 Å². The smallest absolute Gasteiger partial charge is 0.247 e. The number of rotatable bonds is 4. The van der Waals surface area contributed by atoms with E-state index < -0.39 is 0 Å². The minimum atomic E-state index is 0.706. The molecular weight excluding hydrogens is 324 g/mol. The molecule has 2 aliphatic heterocycles. The van der Waals surface area contributed by atoms with Crippen LogP contribution in [-0.4, -0.2) is 59.3 Å². The van der Waals surface area contributed by atoms with Gasteiger partial charge in [-0.25, -0.2) is 0 Å². The molecule has 0 aliphatic carbocycles. The quantitative estimate of drug-likeness (QED) is 0.842. The SMILES string of the molecule is CC1CCCN(c2nncc(N3CCN(Cc4ccccc4)CC3)n2)C1. The summed E-state index contributed by atoms with van der Waals surface area (Å²) in [6, 6.07) is 10.7. The molecule has 2 aromatic rings. The summed E-state index contributed by atoms with van der Waals surface area (Å²) in [6.45, 7) is 9.48.